The third kappa shape index (κ3) is 4.75. The number of hydrogen-bond acceptors (Lipinski definition) is 5. The van der Waals surface area contributed by atoms with E-state index >= 15 is 0 Å². The third-order valence-electron chi connectivity index (χ3n) is 2.56. The Morgan fingerprint density at radius 3 is 2.55 bits per heavy atom. The van der Waals surface area contributed by atoms with E-state index < -0.39 is 6.10 Å². The minimum atomic E-state index is -0.538. The van der Waals surface area contributed by atoms with E-state index in [1.807, 2.05) is 42.5 Å². The van der Waals surface area contributed by atoms with Crippen molar-refractivity contribution in [2.24, 2.45) is 0 Å². The number of aliphatic hydroxyl groups is 1. The molecule has 0 saturated carbocycles. The number of aromatic nitrogens is 1. The van der Waals surface area contributed by atoms with E-state index in [0.717, 1.165) is 10.8 Å². The fraction of sp³-hybridized carbons (Fsp3) is 0.267. The van der Waals surface area contributed by atoms with E-state index in [-0.39, 0.29) is 6.61 Å². The van der Waals surface area contributed by atoms with E-state index in [1.54, 1.807) is 13.3 Å². The number of rotatable bonds is 7. The molecular weight excluding hydrogens is 274 g/mol. The summed E-state index contributed by atoms with van der Waals surface area (Å²) in [5.41, 5.74) is 0. The molecule has 106 valence electrons. The predicted octanol–water partition coefficient (Wildman–Crippen LogP) is 2.62. The van der Waals surface area contributed by atoms with Crippen LogP contribution in [0.4, 0.5) is 0 Å². The van der Waals surface area contributed by atoms with Crippen molar-refractivity contribution in [3.63, 3.8) is 0 Å². The lowest BCUT2D eigenvalue weighted by molar-refractivity contribution is 0.126. The van der Waals surface area contributed by atoms with E-state index in [1.165, 1.54) is 11.8 Å². The normalized spacial score (nSPS) is 11.9. The van der Waals surface area contributed by atoms with Crippen LogP contribution >= 0.6 is 11.8 Å². The predicted molar refractivity (Wildman–Crippen MR) is 79.5 cm³/mol. The molecule has 0 aliphatic rings. The highest BCUT2D eigenvalue weighted by molar-refractivity contribution is 7.99. The van der Waals surface area contributed by atoms with Gasteiger partial charge in [0.25, 0.3) is 0 Å². The van der Waals surface area contributed by atoms with Gasteiger partial charge in [0, 0.05) is 11.9 Å². The van der Waals surface area contributed by atoms with Crippen LogP contribution in [0, 0.1) is 0 Å². The molecule has 4 nitrogen and oxygen atoms in total. The second kappa shape index (κ2) is 7.77. The SMILES string of the molecule is COc1ccc(OC[C@H](O)CSc2ccccn2)cc1. The highest BCUT2D eigenvalue weighted by Gasteiger charge is 2.07. The highest BCUT2D eigenvalue weighted by atomic mass is 32.2. The first-order valence-corrected chi connectivity index (χ1v) is 7.25. The van der Waals surface area contributed by atoms with Crippen molar-refractivity contribution in [1.29, 1.82) is 0 Å². The fourth-order valence-electron chi connectivity index (χ4n) is 1.53. The molecule has 1 atom stereocenters. The van der Waals surface area contributed by atoms with Gasteiger partial charge in [0.15, 0.2) is 0 Å². The lowest BCUT2D eigenvalue weighted by atomic mass is 10.3. The van der Waals surface area contributed by atoms with Gasteiger partial charge < -0.3 is 14.6 Å². The minimum Gasteiger partial charge on any atom is -0.497 e. The average molecular weight is 291 g/mol. The van der Waals surface area contributed by atoms with Crippen LogP contribution in [0.5, 0.6) is 11.5 Å². The van der Waals surface area contributed by atoms with Crippen molar-refractivity contribution in [2.45, 2.75) is 11.1 Å². The maximum absolute atomic E-state index is 9.87. The Labute approximate surface area is 122 Å². The van der Waals surface area contributed by atoms with Crippen LogP contribution in [0.25, 0.3) is 0 Å². The smallest absolute Gasteiger partial charge is 0.119 e. The third-order valence-corrected chi connectivity index (χ3v) is 3.65. The summed E-state index contributed by atoms with van der Waals surface area (Å²) < 4.78 is 10.6. The average Bonchev–Trinajstić information content (AvgIpc) is 2.52. The quantitative estimate of drug-likeness (QED) is 0.795. The maximum Gasteiger partial charge on any atom is 0.119 e. The first-order valence-electron chi connectivity index (χ1n) is 6.26. The zero-order valence-corrected chi connectivity index (χ0v) is 12.0. The van der Waals surface area contributed by atoms with E-state index in [9.17, 15) is 5.11 Å². The molecule has 0 fully saturated rings. The molecule has 1 aromatic heterocycles. The van der Waals surface area contributed by atoms with Crippen LogP contribution in [0.15, 0.2) is 53.7 Å². The summed E-state index contributed by atoms with van der Waals surface area (Å²) in [6.45, 7) is 0.256. The van der Waals surface area contributed by atoms with Crippen molar-refractivity contribution in [3.05, 3.63) is 48.7 Å². The van der Waals surface area contributed by atoms with Gasteiger partial charge in [-0.25, -0.2) is 4.98 Å². The van der Waals surface area contributed by atoms with Crippen molar-refractivity contribution in [2.75, 3.05) is 19.5 Å². The van der Waals surface area contributed by atoms with Crippen LogP contribution in [-0.4, -0.2) is 35.7 Å². The second-order valence-corrected chi connectivity index (χ2v) is 5.16. The van der Waals surface area contributed by atoms with Gasteiger partial charge in [-0.2, -0.15) is 0 Å². The van der Waals surface area contributed by atoms with E-state index in [4.69, 9.17) is 9.47 Å². The van der Waals surface area contributed by atoms with Gasteiger partial charge in [-0.3, -0.25) is 0 Å². The van der Waals surface area contributed by atoms with Crippen molar-refractivity contribution >= 4 is 11.8 Å². The Bertz CT molecular complexity index is 504. The zero-order chi connectivity index (χ0) is 14.2. The molecule has 0 aliphatic heterocycles. The number of aliphatic hydroxyl groups excluding tert-OH is 1. The summed E-state index contributed by atoms with van der Waals surface area (Å²) in [7, 11) is 1.62. The molecule has 20 heavy (non-hydrogen) atoms. The Hall–Kier alpha value is -1.72. The molecule has 0 aliphatic carbocycles. The molecule has 1 heterocycles. The summed E-state index contributed by atoms with van der Waals surface area (Å²) in [6.07, 6.45) is 1.20. The van der Waals surface area contributed by atoms with Gasteiger partial charge in [0.2, 0.25) is 0 Å². The highest BCUT2D eigenvalue weighted by Crippen LogP contribution is 2.18. The summed E-state index contributed by atoms with van der Waals surface area (Å²) in [6, 6.07) is 13.0. The van der Waals surface area contributed by atoms with Gasteiger partial charge in [-0.1, -0.05) is 6.07 Å². The van der Waals surface area contributed by atoms with Gasteiger partial charge in [-0.05, 0) is 36.4 Å². The Balaban J connectivity index is 1.73. The number of methoxy groups -OCH3 is 1. The molecule has 5 heteroatoms. The molecule has 1 aromatic carbocycles. The van der Waals surface area contributed by atoms with E-state index in [0.29, 0.717) is 11.5 Å². The molecule has 0 bridgehead atoms. The molecule has 0 saturated heterocycles. The molecule has 1 N–H and O–H groups in total. The summed E-state index contributed by atoms with van der Waals surface area (Å²) in [5.74, 6) is 2.05. The molecule has 0 amide bonds. The molecule has 0 spiro atoms. The molecule has 0 unspecified atom stereocenters. The Morgan fingerprint density at radius 2 is 1.90 bits per heavy atom. The van der Waals surface area contributed by atoms with Crippen LogP contribution in [0.1, 0.15) is 0 Å². The number of nitrogens with zero attached hydrogens (tertiary/aromatic N) is 1. The van der Waals surface area contributed by atoms with Crippen LogP contribution in [-0.2, 0) is 0 Å². The largest absolute Gasteiger partial charge is 0.497 e. The first kappa shape index (κ1) is 14.7. The molecule has 2 rings (SSSR count). The van der Waals surface area contributed by atoms with Crippen molar-refractivity contribution in [1.82, 2.24) is 4.98 Å². The van der Waals surface area contributed by atoms with Gasteiger partial charge in [-0.15, -0.1) is 11.8 Å². The molecule has 0 radical (unpaired) electrons. The van der Waals surface area contributed by atoms with Crippen molar-refractivity contribution < 1.29 is 14.6 Å². The van der Waals surface area contributed by atoms with Crippen LogP contribution in [0.2, 0.25) is 0 Å². The van der Waals surface area contributed by atoms with Gasteiger partial charge in [0.1, 0.15) is 18.1 Å². The number of pyridine rings is 1. The van der Waals surface area contributed by atoms with Crippen LogP contribution in [0.3, 0.4) is 0 Å². The number of benzene rings is 1. The lowest BCUT2D eigenvalue weighted by Gasteiger charge is -2.12. The van der Waals surface area contributed by atoms with Gasteiger partial charge in [0.05, 0.1) is 18.2 Å². The number of thioether (sulfide) groups is 1. The number of ether oxygens (including phenoxy) is 2. The number of hydrogen-bond donors (Lipinski definition) is 1. The maximum atomic E-state index is 9.87. The fourth-order valence-corrected chi connectivity index (χ4v) is 2.30. The van der Waals surface area contributed by atoms with Gasteiger partial charge >= 0.3 is 0 Å². The van der Waals surface area contributed by atoms with E-state index in [2.05, 4.69) is 4.98 Å². The lowest BCUT2D eigenvalue weighted by Crippen LogP contribution is -2.20. The Morgan fingerprint density at radius 1 is 1.15 bits per heavy atom. The Kier molecular flexibility index (Phi) is 5.70. The summed E-state index contributed by atoms with van der Waals surface area (Å²) in [4.78, 5) is 4.19. The molecular formula is C15H17NO3S. The van der Waals surface area contributed by atoms with Crippen molar-refractivity contribution in [3.8, 4) is 11.5 Å². The standard InChI is InChI=1S/C15H17NO3S/c1-18-13-5-7-14(8-6-13)19-10-12(17)11-20-15-4-2-3-9-16-15/h2-9,12,17H,10-11H2,1H3/t12-/m0/s1. The second-order valence-electron chi connectivity index (χ2n) is 4.12. The summed E-state index contributed by atoms with van der Waals surface area (Å²) in [5, 5.41) is 10.8. The minimum absolute atomic E-state index is 0.256. The first-order chi connectivity index (χ1) is 9.78. The molecule has 2 aromatic rings. The topological polar surface area (TPSA) is 51.6 Å². The van der Waals surface area contributed by atoms with Crippen LogP contribution < -0.4 is 9.47 Å². The summed E-state index contributed by atoms with van der Waals surface area (Å²) >= 11 is 1.51. The monoisotopic (exact) mass is 291 g/mol. The zero-order valence-electron chi connectivity index (χ0n) is 11.2.